The summed E-state index contributed by atoms with van der Waals surface area (Å²) in [5.74, 6) is -0.745. The van der Waals surface area contributed by atoms with Gasteiger partial charge in [0, 0.05) is 6.42 Å². The van der Waals surface area contributed by atoms with Gasteiger partial charge in [-0.05, 0) is 20.6 Å². The molecule has 0 aromatic heterocycles. The van der Waals surface area contributed by atoms with E-state index in [-0.39, 0.29) is 6.42 Å². The molecule has 0 unspecified atom stereocenters. The Balaban J connectivity index is 0. The second kappa shape index (κ2) is 8.43. The van der Waals surface area contributed by atoms with Crippen molar-refractivity contribution >= 4 is 5.97 Å². The molecule has 0 saturated carbocycles. The molecular weight excluding hydrogens is 130 g/mol. The molecule has 0 atom stereocenters. The molecule has 0 saturated heterocycles. The van der Waals surface area contributed by atoms with Gasteiger partial charge in [-0.15, -0.1) is 0 Å². The lowest BCUT2D eigenvalue weighted by Gasteiger charge is -2.00. The highest BCUT2D eigenvalue weighted by molar-refractivity contribution is 5.66. The van der Waals surface area contributed by atoms with Crippen molar-refractivity contribution in [2.45, 2.75) is 20.3 Å². The van der Waals surface area contributed by atoms with Crippen LogP contribution < -0.4 is 0 Å². The molecule has 0 heterocycles. The van der Waals surface area contributed by atoms with E-state index < -0.39 is 5.97 Å². The first-order valence-electron chi connectivity index (χ1n) is 3.41. The predicted octanol–water partition coefficient (Wildman–Crippen LogP) is 1.05. The maximum atomic E-state index is 9.37. The van der Waals surface area contributed by atoms with E-state index in [0.29, 0.717) is 0 Å². The molecule has 0 rings (SSSR count). The lowest BCUT2D eigenvalue weighted by molar-refractivity contribution is -0.136. The van der Waals surface area contributed by atoms with Crippen molar-refractivity contribution in [3.8, 4) is 0 Å². The quantitative estimate of drug-likeness (QED) is 0.634. The van der Waals surface area contributed by atoms with Gasteiger partial charge in [0.1, 0.15) is 0 Å². The fraction of sp³-hybridized carbons (Fsp3) is 0.857. The number of nitrogens with zero attached hydrogens (tertiary/aromatic N) is 1. The Bertz CT molecular complexity index is 81.7. The summed E-state index contributed by atoms with van der Waals surface area (Å²) in [6.07, 6.45) is 0.222. The molecule has 10 heavy (non-hydrogen) atoms. The molecule has 0 aliphatic heterocycles. The normalized spacial score (nSPS) is 8.50. The fourth-order valence-corrected chi connectivity index (χ4v) is 0. The minimum atomic E-state index is -0.745. The minimum absolute atomic E-state index is 0.222. The molecule has 0 bridgehead atoms. The van der Waals surface area contributed by atoms with Crippen molar-refractivity contribution in [2.24, 2.45) is 0 Å². The topological polar surface area (TPSA) is 40.5 Å². The molecule has 1 N–H and O–H groups in total. The van der Waals surface area contributed by atoms with Crippen LogP contribution in [0.3, 0.4) is 0 Å². The summed E-state index contributed by atoms with van der Waals surface area (Å²) in [6.45, 7) is 4.86. The molecule has 0 aromatic carbocycles. The van der Waals surface area contributed by atoms with Crippen molar-refractivity contribution in [2.75, 3.05) is 20.6 Å². The Morgan fingerprint density at radius 2 is 1.60 bits per heavy atom. The smallest absolute Gasteiger partial charge is 0.303 e. The lowest BCUT2D eigenvalue weighted by Crippen LogP contribution is -2.08. The van der Waals surface area contributed by atoms with E-state index in [1.807, 2.05) is 0 Å². The maximum Gasteiger partial charge on any atom is 0.303 e. The molecule has 0 radical (unpaired) electrons. The van der Waals surface area contributed by atoms with E-state index in [4.69, 9.17) is 5.11 Å². The van der Waals surface area contributed by atoms with Gasteiger partial charge in [0.05, 0.1) is 0 Å². The summed E-state index contributed by atoms with van der Waals surface area (Å²) < 4.78 is 0. The van der Waals surface area contributed by atoms with Gasteiger partial charge >= 0.3 is 5.97 Å². The molecule has 3 nitrogen and oxygen atoms in total. The Hall–Kier alpha value is -0.570. The van der Waals surface area contributed by atoms with E-state index in [2.05, 4.69) is 25.9 Å². The van der Waals surface area contributed by atoms with E-state index in [1.165, 1.54) is 0 Å². The van der Waals surface area contributed by atoms with Gasteiger partial charge in [-0.3, -0.25) is 4.79 Å². The van der Waals surface area contributed by atoms with Crippen molar-refractivity contribution < 1.29 is 9.90 Å². The van der Waals surface area contributed by atoms with Crippen LogP contribution in [0.15, 0.2) is 0 Å². The molecule has 62 valence electrons. The first-order valence-corrected chi connectivity index (χ1v) is 3.41. The second-order valence-corrected chi connectivity index (χ2v) is 2.14. The maximum absolute atomic E-state index is 9.37. The summed E-state index contributed by atoms with van der Waals surface area (Å²) in [5.41, 5.74) is 0. The fourth-order valence-electron chi connectivity index (χ4n) is 0. The summed E-state index contributed by atoms with van der Waals surface area (Å²) in [5, 5.41) is 7.72. The number of hydrogen-bond acceptors (Lipinski definition) is 2. The van der Waals surface area contributed by atoms with Gasteiger partial charge in [-0.1, -0.05) is 13.8 Å². The van der Waals surface area contributed by atoms with Crippen molar-refractivity contribution in [1.82, 2.24) is 4.90 Å². The molecule has 0 fully saturated rings. The van der Waals surface area contributed by atoms with Gasteiger partial charge in [0.25, 0.3) is 0 Å². The zero-order valence-corrected chi connectivity index (χ0v) is 7.22. The number of rotatable bonds is 2. The summed E-state index contributed by atoms with van der Waals surface area (Å²) >= 11 is 0. The Morgan fingerprint density at radius 3 is 1.60 bits per heavy atom. The predicted molar refractivity (Wildman–Crippen MR) is 42.2 cm³/mol. The standard InChI is InChI=1S/C4H11N.C3H6O2/c1-4-5(2)3;1-2-3(4)5/h4H2,1-3H3;2H2,1H3,(H,4,5). The van der Waals surface area contributed by atoms with Crippen molar-refractivity contribution in [3.63, 3.8) is 0 Å². The van der Waals surface area contributed by atoms with Gasteiger partial charge < -0.3 is 10.0 Å². The molecule has 0 spiro atoms. The van der Waals surface area contributed by atoms with Crippen molar-refractivity contribution in [3.05, 3.63) is 0 Å². The molecule has 0 aromatic rings. The minimum Gasteiger partial charge on any atom is -0.481 e. The van der Waals surface area contributed by atoms with Crippen LogP contribution in [0, 0.1) is 0 Å². The highest BCUT2D eigenvalue weighted by Crippen LogP contribution is 1.67. The molecular formula is C7H17NO2. The largest absolute Gasteiger partial charge is 0.481 e. The van der Waals surface area contributed by atoms with Gasteiger partial charge in [-0.25, -0.2) is 0 Å². The lowest BCUT2D eigenvalue weighted by atomic mass is 10.5. The number of carboxylic acid groups (broad SMARTS) is 1. The van der Waals surface area contributed by atoms with Gasteiger partial charge in [0.15, 0.2) is 0 Å². The summed E-state index contributed by atoms with van der Waals surface area (Å²) in [7, 11) is 4.11. The van der Waals surface area contributed by atoms with Gasteiger partial charge in [-0.2, -0.15) is 0 Å². The molecule has 0 amide bonds. The number of aliphatic carboxylic acids is 1. The highest BCUT2D eigenvalue weighted by atomic mass is 16.4. The van der Waals surface area contributed by atoms with Crippen LogP contribution in [-0.4, -0.2) is 36.6 Å². The molecule has 3 heteroatoms. The van der Waals surface area contributed by atoms with Crippen molar-refractivity contribution in [1.29, 1.82) is 0 Å². The summed E-state index contributed by atoms with van der Waals surface area (Å²) in [6, 6.07) is 0. The zero-order valence-electron chi connectivity index (χ0n) is 7.22. The van der Waals surface area contributed by atoms with Crippen LogP contribution in [0.4, 0.5) is 0 Å². The van der Waals surface area contributed by atoms with Gasteiger partial charge in [0.2, 0.25) is 0 Å². The zero-order chi connectivity index (χ0) is 8.57. The number of hydrogen-bond donors (Lipinski definition) is 1. The molecule has 0 aliphatic rings. The Labute approximate surface area is 62.7 Å². The van der Waals surface area contributed by atoms with E-state index in [1.54, 1.807) is 6.92 Å². The molecule has 0 aliphatic carbocycles. The van der Waals surface area contributed by atoms with Crippen LogP contribution in [-0.2, 0) is 4.79 Å². The average molecular weight is 147 g/mol. The van der Waals surface area contributed by atoms with E-state index in [9.17, 15) is 4.79 Å². The number of carbonyl (C=O) groups is 1. The Morgan fingerprint density at radius 1 is 1.40 bits per heavy atom. The highest BCUT2D eigenvalue weighted by Gasteiger charge is 1.80. The van der Waals surface area contributed by atoms with E-state index in [0.717, 1.165) is 6.54 Å². The second-order valence-electron chi connectivity index (χ2n) is 2.14. The summed E-state index contributed by atoms with van der Waals surface area (Å²) in [4.78, 5) is 11.5. The van der Waals surface area contributed by atoms with Crippen LogP contribution in [0.5, 0.6) is 0 Å². The SMILES string of the molecule is CCC(=O)O.CCN(C)C. The Kier molecular flexibility index (Phi) is 10.2. The van der Waals surface area contributed by atoms with Crippen LogP contribution >= 0.6 is 0 Å². The first kappa shape index (κ1) is 12.1. The first-order chi connectivity index (χ1) is 4.54. The van der Waals surface area contributed by atoms with Crippen LogP contribution in [0.1, 0.15) is 20.3 Å². The third-order valence-corrected chi connectivity index (χ3v) is 0.935. The third-order valence-electron chi connectivity index (χ3n) is 0.935. The third kappa shape index (κ3) is 26.1. The average Bonchev–Trinajstić information content (AvgIpc) is 1.89. The monoisotopic (exact) mass is 147 g/mol. The van der Waals surface area contributed by atoms with E-state index >= 15 is 0 Å². The van der Waals surface area contributed by atoms with Crippen LogP contribution in [0.25, 0.3) is 0 Å². The number of carboxylic acids is 1. The van der Waals surface area contributed by atoms with Crippen LogP contribution in [0.2, 0.25) is 0 Å².